The van der Waals surface area contributed by atoms with Crippen molar-refractivity contribution in [2.45, 2.75) is 45.3 Å². The first-order valence-corrected chi connectivity index (χ1v) is 8.15. The van der Waals surface area contributed by atoms with Gasteiger partial charge in [0.1, 0.15) is 11.5 Å². The summed E-state index contributed by atoms with van der Waals surface area (Å²) in [6, 6.07) is 7.50. The summed E-state index contributed by atoms with van der Waals surface area (Å²) in [5, 5.41) is 0. The number of hydrogen-bond acceptors (Lipinski definition) is 4. The molecule has 0 saturated carbocycles. The van der Waals surface area contributed by atoms with E-state index in [1.807, 2.05) is 30.0 Å². The third-order valence-corrected chi connectivity index (χ3v) is 4.18. The molecule has 1 fully saturated rings. The summed E-state index contributed by atoms with van der Waals surface area (Å²) in [5.74, 6) is 1.37. The zero-order valence-corrected chi connectivity index (χ0v) is 14.5. The largest absolute Gasteiger partial charge is 0.497 e. The zero-order chi connectivity index (χ0) is 16.9. The van der Waals surface area contributed by atoms with Gasteiger partial charge in [0, 0.05) is 25.3 Å². The van der Waals surface area contributed by atoms with Crippen molar-refractivity contribution < 1.29 is 19.0 Å². The zero-order valence-electron chi connectivity index (χ0n) is 14.5. The van der Waals surface area contributed by atoms with E-state index >= 15 is 0 Å². The van der Waals surface area contributed by atoms with Crippen LogP contribution in [0.2, 0.25) is 0 Å². The first-order valence-electron chi connectivity index (χ1n) is 8.15. The van der Waals surface area contributed by atoms with Gasteiger partial charge in [-0.3, -0.25) is 4.79 Å². The van der Waals surface area contributed by atoms with Gasteiger partial charge in [0.25, 0.3) is 5.91 Å². The van der Waals surface area contributed by atoms with Crippen molar-refractivity contribution in [3.05, 3.63) is 24.3 Å². The second kappa shape index (κ2) is 7.68. The Morgan fingerprint density at radius 2 is 2.13 bits per heavy atom. The lowest BCUT2D eigenvalue weighted by atomic mass is 9.93. The van der Waals surface area contributed by atoms with Gasteiger partial charge in [0.05, 0.1) is 12.7 Å². The SMILES string of the molecule is CCN(C(=O)COc1cccc(OC)c1)[C@H]1CCOC(C)(C)C1. The smallest absolute Gasteiger partial charge is 0.260 e. The number of rotatable bonds is 6. The van der Waals surface area contributed by atoms with Crippen molar-refractivity contribution in [3.63, 3.8) is 0 Å². The van der Waals surface area contributed by atoms with E-state index < -0.39 is 0 Å². The summed E-state index contributed by atoms with van der Waals surface area (Å²) in [5.41, 5.74) is -0.176. The van der Waals surface area contributed by atoms with Gasteiger partial charge in [-0.25, -0.2) is 0 Å². The van der Waals surface area contributed by atoms with Crippen LogP contribution in [0.15, 0.2) is 24.3 Å². The lowest BCUT2D eigenvalue weighted by Crippen LogP contribution is -2.49. The summed E-state index contributed by atoms with van der Waals surface area (Å²) in [7, 11) is 1.61. The molecule has 0 aromatic heterocycles. The Morgan fingerprint density at radius 1 is 1.39 bits per heavy atom. The summed E-state index contributed by atoms with van der Waals surface area (Å²) in [6.07, 6.45) is 1.73. The molecular weight excluding hydrogens is 294 g/mol. The Labute approximate surface area is 138 Å². The van der Waals surface area contributed by atoms with E-state index in [1.165, 1.54) is 0 Å². The summed E-state index contributed by atoms with van der Waals surface area (Å²) in [6.45, 7) is 7.57. The molecule has 5 heteroatoms. The fourth-order valence-corrected chi connectivity index (χ4v) is 3.02. The van der Waals surface area contributed by atoms with Crippen LogP contribution in [0.4, 0.5) is 0 Å². The average molecular weight is 321 g/mol. The highest BCUT2D eigenvalue weighted by Crippen LogP contribution is 2.27. The monoisotopic (exact) mass is 321 g/mol. The summed E-state index contributed by atoms with van der Waals surface area (Å²) >= 11 is 0. The molecule has 1 heterocycles. The molecule has 1 aromatic carbocycles. The van der Waals surface area contributed by atoms with Crippen LogP contribution in [-0.4, -0.2) is 49.3 Å². The van der Waals surface area contributed by atoms with E-state index in [4.69, 9.17) is 14.2 Å². The minimum Gasteiger partial charge on any atom is -0.497 e. The average Bonchev–Trinajstić information content (AvgIpc) is 2.53. The number of carbonyl (C=O) groups excluding carboxylic acids is 1. The molecule has 1 atom stereocenters. The molecule has 1 saturated heterocycles. The van der Waals surface area contributed by atoms with Crippen LogP contribution in [0.5, 0.6) is 11.5 Å². The Hall–Kier alpha value is -1.75. The minimum atomic E-state index is -0.176. The fraction of sp³-hybridized carbons (Fsp3) is 0.611. The van der Waals surface area contributed by atoms with Crippen LogP contribution in [-0.2, 0) is 9.53 Å². The highest BCUT2D eigenvalue weighted by Gasteiger charge is 2.33. The molecule has 1 aromatic rings. The van der Waals surface area contributed by atoms with Gasteiger partial charge < -0.3 is 19.1 Å². The number of nitrogens with zero attached hydrogens (tertiary/aromatic N) is 1. The maximum atomic E-state index is 12.5. The molecular formula is C18H27NO4. The number of amides is 1. The van der Waals surface area contributed by atoms with E-state index in [9.17, 15) is 4.79 Å². The molecule has 0 unspecified atom stereocenters. The van der Waals surface area contributed by atoms with Crippen molar-refractivity contribution in [1.82, 2.24) is 4.90 Å². The molecule has 0 radical (unpaired) electrons. The second-order valence-electron chi connectivity index (χ2n) is 6.40. The third-order valence-electron chi connectivity index (χ3n) is 4.18. The number of methoxy groups -OCH3 is 1. The van der Waals surface area contributed by atoms with Crippen molar-refractivity contribution in [2.24, 2.45) is 0 Å². The van der Waals surface area contributed by atoms with Crippen molar-refractivity contribution >= 4 is 5.91 Å². The summed E-state index contributed by atoms with van der Waals surface area (Å²) < 4.78 is 16.5. The van der Waals surface area contributed by atoms with Crippen molar-refractivity contribution in [3.8, 4) is 11.5 Å². The van der Waals surface area contributed by atoms with Crippen molar-refractivity contribution in [2.75, 3.05) is 26.9 Å². The third kappa shape index (κ3) is 4.86. The molecule has 1 aliphatic rings. The van der Waals surface area contributed by atoms with Crippen LogP contribution in [0.3, 0.4) is 0 Å². The van der Waals surface area contributed by atoms with Crippen LogP contribution in [0, 0.1) is 0 Å². The molecule has 1 aliphatic heterocycles. The molecule has 23 heavy (non-hydrogen) atoms. The predicted molar refractivity (Wildman–Crippen MR) is 88.9 cm³/mol. The number of benzene rings is 1. The predicted octanol–water partition coefficient (Wildman–Crippen LogP) is 2.88. The Kier molecular flexibility index (Phi) is 5.88. The van der Waals surface area contributed by atoms with Crippen LogP contribution < -0.4 is 9.47 Å². The van der Waals surface area contributed by atoms with E-state index in [-0.39, 0.29) is 24.2 Å². The van der Waals surface area contributed by atoms with Gasteiger partial charge in [0.15, 0.2) is 6.61 Å². The van der Waals surface area contributed by atoms with Gasteiger partial charge in [-0.1, -0.05) is 6.07 Å². The molecule has 0 N–H and O–H groups in total. The normalized spacial score (nSPS) is 19.9. The quantitative estimate of drug-likeness (QED) is 0.808. The first kappa shape index (κ1) is 17.6. The van der Waals surface area contributed by atoms with Crippen LogP contribution >= 0.6 is 0 Å². The van der Waals surface area contributed by atoms with E-state index in [0.29, 0.717) is 24.7 Å². The molecule has 0 spiro atoms. The molecule has 0 aliphatic carbocycles. The lowest BCUT2D eigenvalue weighted by Gasteiger charge is -2.40. The standard InChI is InChI=1S/C18H27NO4/c1-5-19(14-9-10-23-18(2,3)12-14)17(20)13-22-16-8-6-7-15(11-16)21-4/h6-8,11,14H,5,9-10,12-13H2,1-4H3/t14-/m0/s1. The Bertz CT molecular complexity index is 530. The lowest BCUT2D eigenvalue weighted by molar-refractivity contribution is -0.142. The van der Waals surface area contributed by atoms with Gasteiger partial charge in [-0.15, -0.1) is 0 Å². The summed E-state index contributed by atoms with van der Waals surface area (Å²) in [4.78, 5) is 14.4. The van der Waals surface area contributed by atoms with Gasteiger partial charge in [-0.05, 0) is 45.7 Å². The molecule has 2 rings (SSSR count). The maximum absolute atomic E-state index is 12.5. The fourth-order valence-electron chi connectivity index (χ4n) is 3.02. The van der Waals surface area contributed by atoms with Crippen LogP contribution in [0.25, 0.3) is 0 Å². The molecule has 5 nitrogen and oxygen atoms in total. The Morgan fingerprint density at radius 3 is 2.78 bits per heavy atom. The van der Waals surface area contributed by atoms with Gasteiger partial charge in [0.2, 0.25) is 0 Å². The number of ether oxygens (including phenoxy) is 3. The van der Waals surface area contributed by atoms with Gasteiger partial charge >= 0.3 is 0 Å². The van der Waals surface area contributed by atoms with Gasteiger partial charge in [-0.2, -0.15) is 0 Å². The molecule has 1 amide bonds. The number of hydrogen-bond donors (Lipinski definition) is 0. The molecule has 0 bridgehead atoms. The number of carbonyl (C=O) groups is 1. The topological polar surface area (TPSA) is 48.0 Å². The van der Waals surface area contributed by atoms with E-state index in [2.05, 4.69) is 13.8 Å². The minimum absolute atomic E-state index is 0.0121. The van der Waals surface area contributed by atoms with Crippen molar-refractivity contribution in [1.29, 1.82) is 0 Å². The molecule has 128 valence electrons. The van der Waals surface area contributed by atoms with E-state index in [0.717, 1.165) is 12.8 Å². The number of likely N-dealkylation sites (N-methyl/N-ethyl adjacent to an activating group) is 1. The highest BCUT2D eigenvalue weighted by atomic mass is 16.5. The first-order chi connectivity index (χ1) is 10.9. The Balaban J connectivity index is 1.94. The maximum Gasteiger partial charge on any atom is 0.260 e. The van der Waals surface area contributed by atoms with Crippen LogP contribution in [0.1, 0.15) is 33.6 Å². The van der Waals surface area contributed by atoms with E-state index in [1.54, 1.807) is 13.2 Å². The highest BCUT2D eigenvalue weighted by molar-refractivity contribution is 5.78. The second-order valence-corrected chi connectivity index (χ2v) is 6.40.